The van der Waals surface area contributed by atoms with Gasteiger partial charge < -0.3 is 9.64 Å². The standard InChI is InChI=1S/C23H22ClN5O2/c1-28(23(30)15-5-4-6-16(24)11-15)17-8-10-31-21(12-17)19-13-18(26-27-19)20-14-25-22-7-2-3-9-29(20)22/h2-7,9,11,14,17,21H,8,10,12-13H2,1H3/t17-,21+/m1/s1. The average Bonchev–Trinajstić information content (AvgIpc) is 3.45. The van der Waals surface area contributed by atoms with E-state index in [2.05, 4.69) is 15.2 Å². The van der Waals surface area contributed by atoms with Gasteiger partial charge in [-0.25, -0.2) is 4.98 Å². The molecule has 0 saturated carbocycles. The molecule has 0 bridgehead atoms. The summed E-state index contributed by atoms with van der Waals surface area (Å²) in [6.45, 7) is 0.576. The van der Waals surface area contributed by atoms with Gasteiger partial charge >= 0.3 is 0 Å². The smallest absolute Gasteiger partial charge is 0.253 e. The Hall–Kier alpha value is -3.03. The number of hydrogen-bond donors (Lipinski definition) is 0. The number of ether oxygens (including phenoxy) is 1. The van der Waals surface area contributed by atoms with Crippen LogP contribution >= 0.6 is 11.6 Å². The molecule has 4 heterocycles. The highest BCUT2D eigenvalue weighted by atomic mass is 35.5. The Balaban J connectivity index is 1.26. The Morgan fingerprint density at radius 3 is 3.00 bits per heavy atom. The Morgan fingerprint density at radius 2 is 2.13 bits per heavy atom. The van der Waals surface area contributed by atoms with Gasteiger partial charge in [0.15, 0.2) is 0 Å². The molecule has 8 heteroatoms. The fourth-order valence-corrected chi connectivity index (χ4v) is 4.38. The van der Waals surface area contributed by atoms with Gasteiger partial charge in [-0.1, -0.05) is 23.7 Å². The van der Waals surface area contributed by atoms with Gasteiger partial charge in [0.25, 0.3) is 5.91 Å². The number of nitrogens with zero attached hydrogens (tertiary/aromatic N) is 5. The third-order valence-corrected chi connectivity index (χ3v) is 6.16. The maximum Gasteiger partial charge on any atom is 0.253 e. The molecule has 7 nitrogen and oxygen atoms in total. The van der Waals surface area contributed by atoms with Gasteiger partial charge in [-0.15, -0.1) is 0 Å². The molecule has 2 aromatic heterocycles. The first-order valence-corrected chi connectivity index (χ1v) is 10.7. The molecule has 0 N–H and O–H groups in total. The van der Waals surface area contributed by atoms with Crippen molar-refractivity contribution in [2.75, 3.05) is 13.7 Å². The summed E-state index contributed by atoms with van der Waals surface area (Å²) in [4.78, 5) is 19.2. The molecule has 1 aromatic carbocycles. The highest BCUT2D eigenvalue weighted by Gasteiger charge is 2.33. The van der Waals surface area contributed by atoms with Crippen molar-refractivity contribution < 1.29 is 9.53 Å². The van der Waals surface area contributed by atoms with Crippen LogP contribution in [0.3, 0.4) is 0 Å². The van der Waals surface area contributed by atoms with E-state index in [9.17, 15) is 4.79 Å². The van der Waals surface area contributed by atoms with Gasteiger partial charge in [0, 0.05) is 42.9 Å². The summed E-state index contributed by atoms with van der Waals surface area (Å²) in [7, 11) is 1.84. The van der Waals surface area contributed by atoms with Crippen LogP contribution in [0.1, 0.15) is 35.3 Å². The molecule has 2 atom stereocenters. The van der Waals surface area contributed by atoms with Crippen LogP contribution in [0.15, 0.2) is 65.1 Å². The van der Waals surface area contributed by atoms with Crippen LogP contribution in [0.25, 0.3) is 5.65 Å². The number of benzene rings is 1. The summed E-state index contributed by atoms with van der Waals surface area (Å²) < 4.78 is 8.03. The topological polar surface area (TPSA) is 71.6 Å². The molecular formula is C23H22ClN5O2. The average molecular weight is 436 g/mol. The van der Waals surface area contributed by atoms with E-state index in [0.717, 1.165) is 29.2 Å². The van der Waals surface area contributed by atoms with Gasteiger partial charge in [0.1, 0.15) is 5.65 Å². The first kappa shape index (κ1) is 19.9. The van der Waals surface area contributed by atoms with Crippen molar-refractivity contribution >= 4 is 34.6 Å². The lowest BCUT2D eigenvalue weighted by atomic mass is 9.95. The molecule has 2 aliphatic rings. The lowest BCUT2D eigenvalue weighted by Crippen LogP contribution is -2.45. The first-order valence-electron chi connectivity index (χ1n) is 10.3. The molecule has 1 amide bonds. The van der Waals surface area contributed by atoms with Crippen molar-refractivity contribution in [3.63, 3.8) is 0 Å². The molecule has 0 aliphatic carbocycles. The summed E-state index contributed by atoms with van der Waals surface area (Å²) in [5.74, 6) is -0.0378. The largest absolute Gasteiger partial charge is 0.372 e. The Kier molecular flexibility index (Phi) is 5.29. The Morgan fingerprint density at radius 1 is 1.23 bits per heavy atom. The summed E-state index contributed by atoms with van der Waals surface area (Å²) in [5.41, 5.74) is 4.19. The first-order chi connectivity index (χ1) is 15.1. The number of aromatic nitrogens is 2. The maximum absolute atomic E-state index is 12.9. The van der Waals surface area contributed by atoms with Gasteiger partial charge in [0.05, 0.1) is 29.4 Å². The van der Waals surface area contributed by atoms with Crippen molar-refractivity contribution in [1.29, 1.82) is 0 Å². The van der Waals surface area contributed by atoms with Crippen LogP contribution in [-0.4, -0.2) is 57.4 Å². The lowest BCUT2D eigenvalue weighted by Gasteiger charge is -2.35. The number of rotatable bonds is 4. The second-order valence-electron chi connectivity index (χ2n) is 7.85. The third kappa shape index (κ3) is 3.86. The quantitative estimate of drug-likeness (QED) is 0.624. The molecule has 3 aromatic rings. The zero-order valence-electron chi connectivity index (χ0n) is 17.1. The van der Waals surface area contributed by atoms with E-state index in [4.69, 9.17) is 16.3 Å². The number of amides is 1. The second kappa shape index (κ2) is 8.24. The van der Waals surface area contributed by atoms with Crippen LogP contribution < -0.4 is 0 Å². The highest BCUT2D eigenvalue weighted by molar-refractivity contribution is 6.31. The van der Waals surface area contributed by atoms with E-state index in [-0.39, 0.29) is 18.1 Å². The van der Waals surface area contributed by atoms with Crippen LogP contribution in [0.5, 0.6) is 0 Å². The molecule has 0 unspecified atom stereocenters. The minimum Gasteiger partial charge on any atom is -0.372 e. The van der Waals surface area contributed by atoms with Gasteiger partial charge in [-0.2, -0.15) is 10.2 Å². The monoisotopic (exact) mass is 435 g/mol. The van der Waals surface area contributed by atoms with E-state index in [0.29, 0.717) is 30.0 Å². The number of carbonyl (C=O) groups excluding carboxylic acids is 1. The zero-order valence-corrected chi connectivity index (χ0v) is 17.9. The predicted molar refractivity (Wildman–Crippen MR) is 120 cm³/mol. The van der Waals surface area contributed by atoms with E-state index in [1.165, 1.54) is 0 Å². The number of imidazole rings is 1. The minimum absolute atomic E-state index is 0.0378. The maximum atomic E-state index is 12.9. The second-order valence-corrected chi connectivity index (χ2v) is 8.29. The summed E-state index contributed by atoms with van der Waals surface area (Å²) in [6, 6.07) is 13.0. The van der Waals surface area contributed by atoms with Crippen LogP contribution in [0, 0.1) is 0 Å². The van der Waals surface area contributed by atoms with Crippen molar-refractivity contribution in [3.05, 3.63) is 71.1 Å². The summed E-state index contributed by atoms with van der Waals surface area (Å²) >= 11 is 6.06. The molecule has 0 radical (unpaired) electrons. The molecule has 1 fully saturated rings. The lowest BCUT2D eigenvalue weighted by molar-refractivity contribution is 0.0129. The summed E-state index contributed by atoms with van der Waals surface area (Å²) in [5, 5.41) is 9.40. The molecule has 158 valence electrons. The van der Waals surface area contributed by atoms with Gasteiger partial charge in [-0.3, -0.25) is 9.20 Å². The zero-order chi connectivity index (χ0) is 21.4. The van der Waals surface area contributed by atoms with Gasteiger partial charge in [-0.05, 0) is 43.2 Å². The Bertz CT molecular complexity index is 1200. The highest BCUT2D eigenvalue weighted by Crippen LogP contribution is 2.25. The van der Waals surface area contributed by atoms with E-state index < -0.39 is 0 Å². The van der Waals surface area contributed by atoms with Crippen LogP contribution in [0.4, 0.5) is 0 Å². The molecule has 0 spiro atoms. The van der Waals surface area contributed by atoms with Crippen molar-refractivity contribution in [3.8, 4) is 0 Å². The fourth-order valence-electron chi connectivity index (χ4n) is 4.19. The van der Waals surface area contributed by atoms with Crippen molar-refractivity contribution in [2.24, 2.45) is 10.2 Å². The van der Waals surface area contributed by atoms with Crippen LogP contribution in [0.2, 0.25) is 5.02 Å². The summed E-state index contributed by atoms with van der Waals surface area (Å²) in [6.07, 6.45) is 5.74. The molecule has 5 rings (SSSR count). The Labute approximate surface area is 185 Å². The number of fused-ring (bicyclic) bond motifs is 1. The normalized spacial score (nSPS) is 21.1. The van der Waals surface area contributed by atoms with Gasteiger partial charge in [0.2, 0.25) is 0 Å². The number of halogens is 1. The molecule has 31 heavy (non-hydrogen) atoms. The number of hydrogen-bond acceptors (Lipinski definition) is 5. The van der Waals surface area contributed by atoms with Crippen molar-refractivity contribution in [2.45, 2.75) is 31.4 Å². The number of pyridine rings is 1. The van der Waals surface area contributed by atoms with E-state index in [1.54, 1.807) is 29.2 Å². The predicted octanol–water partition coefficient (Wildman–Crippen LogP) is 3.86. The number of carbonyl (C=O) groups is 1. The van der Waals surface area contributed by atoms with Crippen LogP contribution in [-0.2, 0) is 4.74 Å². The minimum atomic E-state index is -0.159. The molecular weight excluding hydrogens is 414 g/mol. The molecule has 2 aliphatic heterocycles. The van der Waals surface area contributed by atoms with E-state index >= 15 is 0 Å². The molecule has 1 saturated heterocycles. The SMILES string of the molecule is CN(C(=O)c1cccc(Cl)c1)[C@@H]1CCO[C@H](C2=NN=C(c3cnc4ccccn34)C2)C1. The van der Waals surface area contributed by atoms with Crippen molar-refractivity contribution in [1.82, 2.24) is 14.3 Å². The fraction of sp³-hybridized carbons (Fsp3) is 0.304. The third-order valence-electron chi connectivity index (χ3n) is 5.93. The van der Waals surface area contributed by atoms with E-state index in [1.807, 2.05) is 42.0 Å².